The summed E-state index contributed by atoms with van der Waals surface area (Å²) in [6, 6.07) is 2.74. The maximum atomic E-state index is 4.28. The fourth-order valence-corrected chi connectivity index (χ4v) is 2.38. The van der Waals surface area contributed by atoms with Gasteiger partial charge in [-0.3, -0.25) is 4.68 Å². The van der Waals surface area contributed by atoms with Crippen molar-refractivity contribution in [3.63, 3.8) is 0 Å². The lowest BCUT2D eigenvalue weighted by atomic mass is 10.1. The molecule has 90 valence electrons. The first kappa shape index (κ1) is 11.6. The number of nitrogens with one attached hydrogen (secondary N) is 1. The Morgan fingerprint density at radius 3 is 3.19 bits per heavy atom. The van der Waals surface area contributed by atoms with E-state index in [1.807, 2.05) is 6.20 Å². The third-order valence-electron chi connectivity index (χ3n) is 3.30. The highest BCUT2D eigenvalue weighted by Crippen LogP contribution is 2.09. The molecule has 0 saturated carbocycles. The smallest absolute Gasteiger partial charge is 0.0522 e. The molecule has 2 rings (SSSR count). The average Bonchev–Trinajstić information content (AvgIpc) is 2.74. The first-order valence-electron chi connectivity index (χ1n) is 6.22. The topological polar surface area (TPSA) is 33.1 Å². The highest BCUT2D eigenvalue weighted by Gasteiger charge is 2.16. The van der Waals surface area contributed by atoms with Gasteiger partial charge in [-0.25, -0.2) is 0 Å². The molecule has 0 aromatic carbocycles. The van der Waals surface area contributed by atoms with Crippen molar-refractivity contribution in [1.29, 1.82) is 0 Å². The summed E-state index contributed by atoms with van der Waals surface area (Å²) in [5.41, 5.74) is 1.29. The molecule has 1 saturated heterocycles. The summed E-state index contributed by atoms with van der Waals surface area (Å²) < 4.78 is 2.06. The van der Waals surface area contributed by atoms with E-state index in [0.29, 0.717) is 6.04 Å². The van der Waals surface area contributed by atoms with Gasteiger partial charge in [-0.1, -0.05) is 0 Å². The van der Waals surface area contributed by atoms with Crippen LogP contribution in [-0.2, 0) is 13.1 Å². The highest BCUT2D eigenvalue weighted by molar-refractivity contribution is 5.00. The number of rotatable bonds is 4. The molecule has 1 aliphatic heterocycles. The third kappa shape index (κ3) is 2.83. The van der Waals surface area contributed by atoms with E-state index in [1.165, 1.54) is 31.6 Å². The normalized spacial score (nSPS) is 22.5. The zero-order valence-corrected chi connectivity index (χ0v) is 10.3. The standard InChI is InChI=1S/C12H22N4/c1-3-16-12(6-7-14-16)9-13-11-5-4-8-15(2)10-11/h6-7,11,13H,3-5,8-10H2,1-2H3. The quantitative estimate of drug-likeness (QED) is 0.828. The Labute approximate surface area is 97.6 Å². The Morgan fingerprint density at radius 2 is 2.44 bits per heavy atom. The Morgan fingerprint density at radius 1 is 1.56 bits per heavy atom. The van der Waals surface area contributed by atoms with Crippen LogP contribution in [0.15, 0.2) is 12.3 Å². The van der Waals surface area contributed by atoms with Crippen LogP contribution in [0.4, 0.5) is 0 Å². The molecule has 0 spiro atoms. The van der Waals surface area contributed by atoms with Crippen LogP contribution in [0.5, 0.6) is 0 Å². The molecule has 0 aliphatic carbocycles. The van der Waals surface area contributed by atoms with Gasteiger partial charge in [0.25, 0.3) is 0 Å². The summed E-state index contributed by atoms with van der Waals surface area (Å²) in [7, 11) is 2.20. The van der Waals surface area contributed by atoms with E-state index in [1.54, 1.807) is 0 Å². The van der Waals surface area contributed by atoms with Gasteiger partial charge in [0.15, 0.2) is 0 Å². The SMILES string of the molecule is CCn1nccc1CNC1CCCN(C)C1. The molecule has 0 amide bonds. The van der Waals surface area contributed by atoms with Crippen LogP contribution in [0.3, 0.4) is 0 Å². The van der Waals surface area contributed by atoms with Crippen molar-refractivity contribution < 1.29 is 0 Å². The van der Waals surface area contributed by atoms with Crippen LogP contribution in [0.1, 0.15) is 25.5 Å². The number of likely N-dealkylation sites (tertiary alicyclic amines) is 1. The molecule has 4 heteroatoms. The molecular weight excluding hydrogens is 200 g/mol. The van der Waals surface area contributed by atoms with Crippen molar-refractivity contribution >= 4 is 0 Å². The Hall–Kier alpha value is -0.870. The highest BCUT2D eigenvalue weighted by atomic mass is 15.3. The number of likely N-dealkylation sites (N-methyl/N-ethyl adjacent to an activating group) is 1. The number of aromatic nitrogens is 2. The van der Waals surface area contributed by atoms with Gasteiger partial charge in [0.05, 0.1) is 5.69 Å². The summed E-state index contributed by atoms with van der Waals surface area (Å²) >= 11 is 0. The maximum absolute atomic E-state index is 4.28. The summed E-state index contributed by atoms with van der Waals surface area (Å²) in [4.78, 5) is 2.40. The predicted molar refractivity (Wildman–Crippen MR) is 65.3 cm³/mol. The van der Waals surface area contributed by atoms with Crippen molar-refractivity contribution in [2.75, 3.05) is 20.1 Å². The lowest BCUT2D eigenvalue weighted by molar-refractivity contribution is 0.225. The van der Waals surface area contributed by atoms with Gasteiger partial charge in [0, 0.05) is 31.9 Å². The van der Waals surface area contributed by atoms with Gasteiger partial charge in [-0.2, -0.15) is 5.10 Å². The molecule has 2 heterocycles. The molecule has 4 nitrogen and oxygen atoms in total. The molecule has 16 heavy (non-hydrogen) atoms. The second-order valence-corrected chi connectivity index (χ2v) is 4.62. The predicted octanol–water partition coefficient (Wildman–Crippen LogP) is 1.09. The molecule has 1 unspecified atom stereocenters. The van der Waals surface area contributed by atoms with Crippen molar-refractivity contribution in [3.8, 4) is 0 Å². The first-order chi connectivity index (χ1) is 7.79. The maximum Gasteiger partial charge on any atom is 0.0522 e. The van der Waals surface area contributed by atoms with Crippen LogP contribution in [0, 0.1) is 0 Å². The number of aryl methyl sites for hydroxylation is 1. The minimum absolute atomic E-state index is 0.638. The molecular formula is C12H22N4. The van der Waals surface area contributed by atoms with Crippen molar-refractivity contribution in [1.82, 2.24) is 20.0 Å². The number of hydrogen-bond acceptors (Lipinski definition) is 3. The van der Waals surface area contributed by atoms with Crippen LogP contribution in [0.2, 0.25) is 0 Å². The van der Waals surface area contributed by atoms with Crippen molar-refractivity contribution in [3.05, 3.63) is 18.0 Å². The molecule has 0 radical (unpaired) electrons. The van der Waals surface area contributed by atoms with E-state index < -0.39 is 0 Å². The second-order valence-electron chi connectivity index (χ2n) is 4.62. The Bertz CT molecular complexity index is 321. The monoisotopic (exact) mass is 222 g/mol. The van der Waals surface area contributed by atoms with Crippen LogP contribution >= 0.6 is 0 Å². The van der Waals surface area contributed by atoms with Crippen molar-refractivity contribution in [2.24, 2.45) is 0 Å². The summed E-state index contributed by atoms with van der Waals surface area (Å²) in [6.45, 7) is 6.43. The fraction of sp³-hybridized carbons (Fsp3) is 0.750. The minimum Gasteiger partial charge on any atom is -0.307 e. The van der Waals surface area contributed by atoms with Gasteiger partial charge >= 0.3 is 0 Å². The molecule has 1 aromatic rings. The van der Waals surface area contributed by atoms with E-state index in [0.717, 1.165) is 13.1 Å². The van der Waals surface area contributed by atoms with E-state index in [-0.39, 0.29) is 0 Å². The van der Waals surface area contributed by atoms with Gasteiger partial charge in [-0.05, 0) is 39.4 Å². The van der Waals surface area contributed by atoms with Gasteiger partial charge in [0.1, 0.15) is 0 Å². The molecule has 0 bridgehead atoms. The molecule has 1 N–H and O–H groups in total. The molecule has 1 fully saturated rings. The average molecular weight is 222 g/mol. The lowest BCUT2D eigenvalue weighted by Crippen LogP contribution is -2.43. The van der Waals surface area contributed by atoms with Crippen molar-refractivity contribution in [2.45, 2.75) is 38.9 Å². The number of hydrogen-bond donors (Lipinski definition) is 1. The lowest BCUT2D eigenvalue weighted by Gasteiger charge is -2.30. The fourth-order valence-electron chi connectivity index (χ4n) is 2.38. The third-order valence-corrected chi connectivity index (χ3v) is 3.30. The van der Waals surface area contributed by atoms with Crippen LogP contribution in [-0.4, -0.2) is 40.9 Å². The summed E-state index contributed by atoms with van der Waals surface area (Å²) in [5.74, 6) is 0. The van der Waals surface area contributed by atoms with Crippen LogP contribution < -0.4 is 5.32 Å². The molecule has 1 aromatic heterocycles. The Kier molecular flexibility index (Phi) is 3.96. The van der Waals surface area contributed by atoms with Gasteiger partial charge in [0.2, 0.25) is 0 Å². The summed E-state index contributed by atoms with van der Waals surface area (Å²) in [5, 5.41) is 7.91. The number of nitrogens with zero attached hydrogens (tertiary/aromatic N) is 3. The molecule has 1 aliphatic rings. The van der Waals surface area contributed by atoms with E-state index >= 15 is 0 Å². The van der Waals surface area contributed by atoms with Crippen LogP contribution in [0.25, 0.3) is 0 Å². The second kappa shape index (κ2) is 5.46. The zero-order valence-electron chi connectivity index (χ0n) is 10.3. The Balaban J connectivity index is 1.82. The molecule has 1 atom stereocenters. The minimum atomic E-state index is 0.638. The van der Waals surface area contributed by atoms with Gasteiger partial charge in [-0.15, -0.1) is 0 Å². The van der Waals surface area contributed by atoms with E-state index in [9.17, 15) is 0 Å². The zero-order chi connectivity index (χ0) is 11.4. The van der Waals surface area contributed by atoms with E-state index in [4.69, 9.17) is 0 Å². The largest absolute Gasteiger partial charge is 0.307 e. The first-order valence-corrected chi connectivity index (χ1v) is 6.22. The summed E-state index contributed by atoms with van der Waals surface area (Å²) in [6.07, 6.45) is 4.49. The number of piperidine rings is 1. The van der Waals surface area contributed by atoms with Gasteiger partial charge < -0.3 is 10.2 Å². The van der Waals surface area contributed by atoms with E-state index in [2.05, 4.69) is 40.0 Å².